The fourth-order valence-corrected chi connectivity index (χ4v) is 1.30. The Morgan fingerprint density at radius 2 is 2.20 bits per heavy atom. The third-order valence-electron chi connectivity index (χ3n) is 1.61. The minimum Gasteiger partial charge on any atom is -0.477 e. The molecule has 0 unspecified atom stereocenters. The van der Waals surface area contributed by atoms with Gasteiger partial charge in [0.25, 0.3) is 0 Å². The largest absolute Gasteiger partial charge is 0.477 e. The third kappa shape index (κ3) is 2.03. The van der Waals surface area contributed by atoms with Gasteiger partial charge in [-0.15, -0.1) is 0 Å². The quantitative estimate of drug-likeness (QED) is 0.612. The highest BCUT2D eigenvalue weighted by atomic mass is 35.5. The molecule has 0 radical (unpaired) electrons. The first-order valence-electron chi connectivity index (χ1n) is 3.58. The van der Waals surface area contributed by atoms with Crippen LogP contribution in [0.25, 0.3) is 0 Å². The number of nitro groups is 1. The Morgan fingerprint density at radius 3 is 2.60 bits per heavy atom. The molecule has 1 rings (SSSR count). The van der Waals surface area contributed by atoms with Crippen molar-refractivity contribution >= 4 is 23.3 Å². The van der Waals surface area contributed by atoms with E-state index in [-0.39, 0.29) is 10.6 Å². The van der Waals surface area contributed by atoms with Gasteiger partial charge in [0.05, 0.1) is 16.6 Å². The van der Waals surface area contributed by atoms with Crippen LogP contribution in [-0.4, -0.2) is 16.0 Å². The average molecular weight is 227 g/mol. The standard InChI is InChI=1S/C8H3ClN2O4/c9-6-2-4(3-10)1-5(8(12)13)7(6)11(14)15/h1-2H,(H,12,13). The number of benzene rings is 1. The van der Waals surface area contributed by atoms with Gasteiger partial charge in [-0.2, -0.15) is 5.26 Å². The average Bonchev–Trinajstić information content (AvgIpc) is 2.15. The molecule has 0 aliphatic carbocycles. The molecule has 1 aromatic carbocycles. The van der Waals surface area contributed by atoms with Crippen molar-refractivity contribution in [1.82, 2.24) is 0 Å². The van der Waals surface area contributed by atoms with Gasteiger partial charge < -0.3 is 5.11 Å². The van der Waals surface area contributed by atoms with Gasteiger partial charge in [-0.25, -0.2) is 4.79 Å². The molecule has 7 heteroatoms. The van der Waals surface area contributed by atoms with Gasteiger partial charge in [0.1, 0.15) is 10.6 Å². The Labute approximate surface area is 88.5 Å². The second-order valence-electron chi connectivity index (χ2n) is 2.53. The molecule has 0 saturated heterocycles. The van der Waals surface area contributed by atoms with E-state index in [2.05, 4.69) is 0 Å². The number of halogens is 1. The van der Waals surface area contributed by atoms with Crippen LogP contribution in [0.1, 0.15) is 15.9 Å². The van der Waals surface area contributed by atoms with Gasteiger partial charge in [-0.3, -0.25) is 10.1 Å². The molecule has 0 amide bonds. The summed E-state index contributed by atoms with van der Waals surface area (Å²) >= 11 is 5.50. The minimum absolute atomic E-state index is 0.0389. The van der Waals surface area contributed by atoms with Crippen LogP contribution in [0.15, 0.2) is 12.1 Å². The number of rotatable bonds is 2. The molecule has 0 aromatic heterocycles. The number of carbonyl (C=O) groups is 1. The monoisotopic (exact) mass is 226 g/mol. The number of hydrogen-bond acceptors (Lipinski definition) is 4. The van der Waals surface area contributed by atoms with Gasteiger partial charge in [0.2, 0.25) is 0 Å². The summed E-state index contributed by atoms with van der Waals surface area (Å²) in [5.41, 5.74) is -1.34. The Morgan fingerprint density at radius 1 is 1.60 bits per heavy atom. The highest BCUT2D eigenvalue weighted by molar-refractivity contribution is 6.33. The fraction of sp³-hybridized carbons (Fsp3) is 0. The molecular weight excluding hydrogens is 224 g/mol. The van der Waals surface area contributed by atoms with Crippen LogP contribution in [0, 0.1) is 21.4 Å². The van der Waals surface area contributed by atoms with Crippen molar-refractivity contribution in [2.24, 2.45) is 0 Å². The van der Waals surface area contributed by atoms with Crippen LogP contribution in [-0.2, 0) is 0 Å². The second-order valence-corrected chi connectivity index (χ2v) is 2.94. The maximum absolute atomic E-state index is 10.7. The van der Waals surface area contributed by atoms with E-state index in [4.69, 9.17) is 22.0 Å². The maximum atomic E-state index is 10.7. The predicted molar refractivity (Wildman–Crippen MR) is 49.8 cm³/mol. The lowest BCUT2D eigenvalue weighted by Crippen LogP contribution is -2.04. The lowest BCUT2D eigenvalue weighted by molar-refractivity contribution is -0.385. The molecule has 0 aliphatic rings. The molecule has 76 valence electrons. The van der Waals surface area contributed by atoms with Crippen molar-refractivity contribution in [3.8, 4) is 6.07 Å². The predicted octanol–water partition coefficient (Wildman–Crippen LogP) is 1.82. The summed E-state index contributed by atoms with van der Waals surface area (Å²) < 4.78 is 0. The lowest BCUT2D eigenvalue weighted by atomic mass is 10.1. The zero-order valence-electron chi connectivity index (χ0n) is 7.10. The van der Waals surface area contributed by atoms with Gasteiger partial charge >= 0.3 is 11.7 Å². The summed E-state index contributed by atoms with van der Waals surface area (Å²) in [5.74, 6) is -1.50. The van der Waals surface area contributed by atoms with Crippen molar-refractivity contribution in [3.63, 3.8) is 0 Å². The van der Waals surface area contributed by atoms with Crippen LogP contribution in [0.2, 0.25) is 5.02 Å². The van der Waals surface area contributed by atoms with Gasteiger partial charge in [0, 0.05) is 0 Å². The van der Waals surface area contributed by atoms with E-state index in [1.54, 1.807) is 6.07 Å². The number of carboxylic acids is 1. The Balaban J connectivity index is 3.58. The number of hydrogen-bond donors (Lipinski definition) is 1. The van der Waals surface area contributed by atoms with E-state index in [1.807, 2.05) is 0 Å². The molecule has 1 aromatic rings. The first-order valence-corrected chi connectivity index (χ1v) is 3.96. The summed E-state index contributed by atoms with van der Waals surface area (Å²) in [7, 11) is 0. The molecule has 0 bridgehead atoms. The highest BCUT2D eigenvalue weighted by Gasteiger charge is 2.24. The summed E-state index contributed by atoms with van der Waals surface area (Å²) in [6.07, 6.45) is 0. The second kappa shape index (κ2) is 3.94. The van der Waals surface area contributed by atoms with Gasteiger partial charge in [0.15, 0.2) is 0 Å². The van der Waals surface area contributed by atoms with E-state index in [1.165, 1.54) is 0 Å². The first kappa shape index (κ1) is 10.9. The highest BCUT2D eigenvalue weighted by Crippen LogP contribution is 2.29. The van der Waals surface area contributed by atoms with Gasteiger partial charge in [-0.1, -0.05) is 11.6 Å². The van der Waals surface area contributed by atoms with Crippen molar-refractivity contribution in [3.05, 3.63) is 38.4 Å². The van der Waals surface area contributed by atoms with Crippen molar-refractivity contribution in [1.29, 1.82) is 5.26 Å². The molecule has 0 saturated carbocycles. The molecule has 0 spiro atoms. The normalized spacial score (nSPS) is 9.33. The van der Waals surface area contributed by atoms with Crippen LogP contribution in [0.4, 0.5) is 5.69 Å². The number of aromatic carboxylic acids is 1. The van der Waals surface area contributed by atoms with Crippen LogP contribution < -0.4 is 0 Å². The zero-order chi connectivity index (χ0) is 11.6. The molecule has 1 N–H and O–H groups in total. The lowest BCUT2D eigenvalue weighted by Gasteiger charge is -2.00. The molecule has 0 aliphatic heterocycles. The van der Waals surface area contributed by atoms with Crippen molar-refractivity contribution in [2.75, 3.05) is 0 Å². The Bertz CT molecular complexity index is 492. The fourth-order valence-electron chi connectivity index (χ4n) is 1.01. The molecule has 6 nitrogen and oxygen atoms in total. The molecule has 15 heavy (non-hydrogen) atoms. The van der Waals surface area contributed by atoms with E-state index in [0.29, 0.717) is 0 Å². The zero-order valence-corrected chi connectivity index (χ0v) is 7.85. The van der Waals surface area contributed by atoms with E-state index < -0.39 is 22.1 Å². The number of nitriles is 1. The number of nitrogens with zero attached hydrogens (tertiary/aromatic N) is 2. The van der Waals surface area contributed by atoms with Crippen LogP contribution >= 0.6 is 11.6 Å². The Hall–Kier alpha value is -2.13. The molecule has 0 atom stereocenters. The van der Waals surface area contributed by atoms with E-state index in [9.17, 15) is 14.9 Å². The smallest absolute Gasteiger partial charge is 0.342 e. The summed E-state index contributed by atoms with van der Waals surface area (Å²) in [5, 5.41) is 27.4. The maximum Gasteiger partial charge on any atom is 0.342 e. The number of nitro benzene ring substituents is 1. The topological polar surface area (TPSA) is 104 Å². The summed E-state index contributed by atoms with van der Waals surface area (Å²) in [4.78, 5) is 20.3. The molecule has 0 heterocycles. The van der Waals surface area contributed by atoms with Gasteiger partial charge in [-0.05, 0) is 12.1 Å². The molecular formula is C8H3ClN2O4. The minimum atomic E-state index is -1.50. The first-order chi connectivity index (χ1) is 6.97. The Kier molecular flexibility index (Phi) is 2.87. The van der Waals surface area contributed by atoms with Crippen molar-refractivity contribution in [2.45, 2.75) is 0 Å². The van der Waals surface area contributed by atoms with E-state index >= 15 is 0 Å². The molecule has 0 fully saturated rings. The van der Waals surface area contributed by atoms with Crippen LogP contribution in [0.3, 0.4) is 0 Å². The third-order valence-corrected chi connectivity index (χ3v) is 1.89. The summed E-state index contributed by atoms with van der Waals surface area (Å²) in [6.45, 7) is 0. The SMILES string of the molecule is N#Cc1cc(Cl)c([N+](=O)[O-])c(C(=O)O)c1. The van der Waals surface area contributed by atoms with E-state index in [0.717, 1.165) is 12.1 Å². The van der Waals surface area contributed by atoms with Crippen molar-refractivity contribution < 1.29 is 14.8 Å². The summed E-state index contributed by atoms with van der Waals surface area (Å²) in [6, 6.07) is 3.62. The number of carboxylic acid groups (broad SMARTS) is 1. The van der Waals surface area contributed by atoms with Crippen LogP contribution in [0.5, 0.6) is 0 Å².